The van der Waals surface area contributed by atoms with Gasteiger partial charge in [-0.2, -0.15) is 0 Å². The number of hydrogen-bond acceptors (Lipinski definition) is 2. The van der Waals surface area contributed by atoms with Crippen LogP contribution in [0.25, 0.3) is 0 Å². The van der Waals surface area contributed by atoms with E-state index in [1.54, 1.807) is 0 Å². The maximum atomic E-state index is 5.31. The van der Waals surface area contributed by atoms with E-state index in [0.29, 0.717) is 0 Å². The molecule has 0 aromatic rings. The van der Waals surface area contributed by atoms with Crippen LogP contribution in [0, 0.1) is 11.8 Å². The van der Waals surface area contributed by atoms with Crippen LogP contribution in [0.15, 0.2) is 0 Å². The van der Waals surface area contributed by atoms with Gasteiger partial charge in [-0.3, -0.25) is 0 Å². The molecule has 0 aromatic heterocycles. The van der Waals surface area contributed by atoms with E-state index < -0.39 is 0 Å². The third kappa shape index (κ3) is 5.12. The molecule has 1 aliphatic rings. The summed E-state index contributed by atoms with van der Waals surface area (Å²) in [4.78, 5) is 2.16. The molecule has 1 N–H and O–H groups in total. The van der Waals surface area contributed by atoms with Crippen LogP contribution >= 0.6 is 12.2 Å². The van der Waals surface area contributed by atoms with Crippen molar-refractivity contribution in [3.05, 3.63) is 0 Å². The maximum absolute atomic E-state index is 5.31. The van der Waals surface area contributed by atoms with Crippen molar-refractivity contribution in [2.75, 3.05) is 33.4 Å². The minimum atomic E-state index is 0.796. The third-order valence-electron chi connectivity index (χ3n) is 3.08. The number of nitrogens with zero attached hydrogens (tertiary/aromatic N) is 1. The predicted octanol–water partition coefficient (Wildman–Crippen LogP) is 1.88. The van der Waals surface area contributed by atoms with E-state index in [1.165, 1.54) is 6.42 Å². The molecule has 2 unspecified atom stereocenters. The van der Waals surface area contributed by atoms with Gasteiger partial charge in [-0.05, 0) is 43.8 Å². The van der Waals surface area contributed by atoms with E-state index in [0.717, 1.165) is 49.7 Å². The lowest BCUT2D eigenvalue weighted by Gasteiger charge is -2.21. The number of nitrogens with one attached hydrogen (secondary N) is 1. The second-order valence-electron chi connectivity index (χ2n) is 4.64. The van der Waals surface area contributed by atoms with E-state index in [4.69, 9.17) is 17.0 Å². The summed E-state index contributed by atoms with van der Waals surface area (Å²) in [5.74, 6) is 1.75. The number of thiocarbonyl (C=S) groups is 1. The Bertz CT molecular complexity index is 223. The predicted molar refractivity (Wildman–Crippen MR) is 71.6 cm³/mol. The summed E-state index contributed by atoms with van der Waals surface area (Å²) in [6, 6.07) is 0. The van der Waals surface area contributed by atoms with Crippen molar-refractivity contribution < 1.29 is 4.74 Å². The standard InChI is InChI=1S/C12H24N2OS/c1-4-15-7-5-6-13-12(16)14(3)9-11-8-10(11)2/h10-11H,4-9H2,1-3H3,(H,13,16). The van der Waals surface area contributed by atoms with Crippen LogP contribution in [-0.4, -0.2) is 43.4 Å². The summed E-state index contributed by atoms with van der Waals surface area (Å²) >= 11 is 5.31. The normalized spacial score (nSPS) is 22.9. The SMILES string of the molecule is CCOCCCNC(=S)N(C)CC1CC1C. The molecule has 16 heavy (non-hydrogen) atoms. The molecule has 2 atom stereocenters. The Kier molecular flexibility index (Phi) is 6.06. The molecule has 0 saturated heterocycles. The monoisotopic (exact) mass is 244 g/mol. The Balaban J connectivity index is 2.00. The summed E-state index contributed by atoms with van der Waals surface area (Å²) in [6.07, 6.45) is 2.37. The molecule has 1 rings (SSSR count). The van der Waals surface area contributed by atoms with E-state index in [-0.39, 0.29) is 0 Å². The van der Waals surface area contributed by atoms with Crippen LogP contribution in [0.3, 0.4) is 0 Å². The van der Waals surface area contributed by atoms with Crippen LogP contribution in [0.2, 0.25) is 0 Å². The van der Waals surface area contributed by atoms with E-state index in [1.807, 2.05) is 6.92 Å². The highest BCUT2D eigenvalue weighted by atomic mass is 32.1. The fourth-order valence-electron chi connectivity index (χ4n) is 1.74. The van der Waals surface area contributed by atoms with Crippen molar-refractivity contribution in [1.82, 2.24) is 10.2 Å². The Hall–Kier alpha value is -0.350. The highest BCUT2D eigenvalue weighted by Gasteiger charge is 2.33. The molecule has 0 bridgehead atoms. The van der Waals surface area contributed by atoms with Crippen molar-refractivity contribution >= 4 is 17.3 Å². The third-order valence-corrected chi connectivity index (χ3v) is 3.53. The molecule has 0 heterocycles. The van der Waals surface area contributed by atoms with Gasteiger partial charge in [0.15, 0.2) is 5.11 Å². The van der Waals surface area contributed by atoms with Crippen LogP contribution in [0.4, 0.5) is 0 Å². The minimum absolute atomic E-state index is 0.796. The molecule has 0 aliphatic heterocycles. The first-order chi connectivity index (χ1) is 7.65. The zero-order valence-corrected chi connectivity index (χ0v) is 11.5. The maximum Gasteiger partial charge on any atom is 0.168 e. The van der Waals surface area contributed by atoms with Gasteiger partial charge in [-0.15, -0.1) is 0 Å². The van der Waals surface area contributed by atoms with Crippen molar-refractivity contribution in [2.24, 2.45) is 11.8 Å². The van der Waals surface area contributed by atoms with Gasteiger partial charge in [0.05, 0.1) is 0 Å². The van der Waals surface area contributed by atoms with Gasteiger partial charge in [-0.25, -0.2) is 0 Å². The van der Waals surface area contributed by atoms with Gasteiger partial charge >= 0.3 is 0 Å². The summed E-state index contributed by atoms with van der Waals surface area (Å²) in [7, 11) is 2.07. The Morgan fingerprint density at radius 1 is 1.56 bits per heavy atom. The lowest BCUT2D eigenvalue weighted by atomic mass is 10.3. The minimum Gasteiger partial charge on any atom is -0.382 e. The molecule has 0 amide bonds. The first-order valence-corrected chi connectivity index (χ1v) is 6.62. The molecule has 0 spiro atoms. The summed E-state index contributed by atoms with van der Waals surface area (Å²) in [5.41, 5.74) is 0. The second-order valence-corrected chi connectivity index (χ2v) is 5.02. The van der Waals surface area contributed by atoms with E-state index in [9.17, 15) is 0 Å². The zero-order chi connectivity index (χ0) is 12.0. The van der Waals surface area contributed by atoms with Gasteiger partial charge in [0.1, 0.15) is 0 Å². The lowest BCUT2D eigenvalue weighted by Crippen LogP contribution is -2.38. The van der Waals surface area contributed by atoms with Gasteiger partial charge < -0.3 is 15.0 Å². The molecule has 0 radical (unpaired) electrons. The number of hydrogen-bond donors (Lipinski definition) is 1. The Morgan fingerprint density at radius 3 is 2.81 bits per heavy atom. The van der Waals surface area contributed by atoms with Crippen molar-refractivity contribution in [3.8, 4) is 0 Å². The van der Waals surface area contributed by atoms with E-state index >= 15 is 0 Å². The van der Waals surface area contributed by atoms with Crippen LogP contribution in [0.1, 0.15) is 26.7 Å². The molecule has 4 heteroatoms. The van der Waals surface area contributed by atoms with Crippen LogP contribution < -0.4 is 5.32 Å². The quantitative estimate of drug-likeness (QED) is 0.546. The summed E-state index contributed by atoms with van der Waals surface area (Å²) in [6.45, 7) is 7.93. The van der Waals surface area contributed by atoms with Gasteiger partial charge in [0, 0.05) is 33.4 Å². The first-order valence-electron chi connectivity index (χ1n) is 6.21. The average Bonchev–Trinajstić information content (AvgIpc) is 2.93. The second kappa shape index (κ2) is 7.07. The molecular formula is C12H24N2OS. The molecule has 0 aromatic carbocycles. The topological polar surface area (TPSA) is 24.5 Å². The van der Waals surface area contributed by atoms with Crippen LogP contribution in [-0.2, 0) is 4.74 Å². The fraction of sp³-hybridized carbons (Fsp3) is 0.917. The first kappa shape index (κ1) is 13.7. The van der Waals surface area contributed by atoms with Gasteiger partial charge in [0.2, 0.25) is 0 Å². The largest absolute Gasteiger partial charge is 0.382 e. The summed E-state index contributed by atoms with van der Waals surface area (Å²) < 4.78 is 5.27. The molecule has 1 saturated carbocycles. The van der Waals surface area contributed by atoms with Crippen LogP contribution in [0.5, 0.6) is 0 Å². The van der Waals surface area contributed by atoms with Gasteiger partial charge in [-0.1, -0.05) is 6.92 Å². The smallest absolute Gasteiger partial charge is 0.168 e. The Morgan fingerprint density at radius 2 is 2.25 bits per heavy atom. The van der Waals surface area contributed by atoms with E-state index in [2.05, 4.69) is 24.2 Å². The average molecular weight is 244 g/mol. The zero-order valence-electron chi connectivity index (χ0n) is 10.7. The molecule has 3 nitrogen and oxygen atoms in total. The molecular weight excluding hydrogens is 220 g/mol. The fourth-order valence-corrected chi connectivity index (χ4v) is 1.91. The number of rotatable bonds is 7. The number of ether oxygens (including phenoxy) is 1. The highest BCUT2D eigenvalue weighted by Crippen LogP contribution is 2.37. The molecule has 1 fully saturated rings. The van der Waals surface area contributed by atoms with Crippen molar-refractivity contribution in [2.45, 2.75) is 26.7 Å². The highest BCUT2D eigenvalue weighted by molar-refractivity contribution is 7.80. The van der Waals surface area contributed by atoms with Crippen molar-refractivity contribution in [1.29, 1.82) is 0 Å². The molecule has 1 aliphatic carbocycles. The summed E-state index contributed by atoms with van der Waals surface area (Å²) in [5, 5.41) is 4.14. The lowest BCUT2D eigenvalue weighted by molar-refractivity contribution is 0.145. The van der Waals surface area contributed by atoms with Crippen molar-refractivity contribution in [3.63, 3.8) is 0 Å². The molecule has 94 valence electrons. The Labute approximate surface area is 105 Å². The van der Waals surface area contributed by atoms with Gasteiger partial charge in [0.25, 0.3) is 0 Å².